The maximum atomic E-state index is 12.1. The zero-order chi connectivity index (χ0) is 11.5. The first-order valence-corrected chi connectivity index (χ1v) is 5.49. The number of hydrogen-bond donors (Lipinski definition) is 2. The van der Waals surface area contributed by atoms with Crippen LogP contribution in [-0.4, -0.2) is 35.1 Å². The van der Waals surface area contributed by atoms with Crippen molar-refractivity contribution in [2.75, 3.05) is 18.9 Å². The van der Waals surface area contributed by atoms with Crippen LogP contribution >= 0.6 is 0 Å². The first kappa shape index (κ1) is 11.0. The number of carbonyl (C=O) groups is 1. The molecule has 16 heavy (non-hydrogen) atoms. The number of aliphatic hydroxyl groups is 1. The highest BCUT2D eigenvalue weighted by atomic mass is 16.3. The Balaban J connectivity index is 2.18. The molecular formula is C12H16N2O2. The minimum atomic E-state index is -0.0381. The summed E-state index contributed by atoms with van der Waals surface area (Å²) in [4.78, 5) is 13.9. The summed E-state index contributed by atoms with van der Waals surface area (Å²) in [6, 6.07) is 6.92. The van der Waals surface area contributed by atoms with E-state index < -0.39 is 0 Å². The van der Waals surface area contributed by atoms with Gasteiger partial charge in [-0.15, -0.1) is 0 Å². The molecule has 0 unspecified atom stereocenters. The monoisotopic (exact) mass is 220 g/mol. The maximum absolute atomic E-state index is 12.1. The second kappa shape index (κ2) is 4.53. The van der Waals surface area contributed by atoms with Gasteiger partial charge in [0.15, 0.2) is 0 Å². The lowest BCUT2D eigenvalue weighted by atomic mass is 10.1. The summed E-state index contributed by atoms with van der Waals surface area (Å²) < 4.78 is 0. The number of anilines is 1. The number of nitrogen functional groups attached to an aromatic ring is 1. The topological polar surface area (TPSA) is 66.6 Å². The van der Waals surface area contributed by atoms with E-state index in [1.807, 2.05) is 0 Å². The van der Waals surface area contributed by atoms with Crippen LogP contribution in [0.5, 0.6) is 0 Å². The highest BCUT2D eigenvalue weighted by Crippen LogP contribution is 2.20. The molecule has 1 aliphatic rings. The van der Waals surface area contributed by atoms with Crippen LogP contribution in [0.2, 0.25) is 0 Å². The van der Waals surface area contributed by atoms with Crippen molar-refractivity contribution < 1.29 is 9.90 Å². The third-order valence-corrected chi connectivity index (χ3v) is 2.98. The predicted octanol–water partition coefficient (Wildman–Crippen LogP) is 0.866. The summed E-state index contributed by atoms with van der Waals surface area (Å²) in [5.74, 6) is -0.0381. The number of hydrogen-bond acceptors (Lipinski definition) is 3. The van der Waals surface area contributed by atoms with Crippen molar-refractivity contribution in [1.82, 2.24) is 4.90 Å². The average molecular weight is 220 g/mol. The molecule has 0 aliphatic carbocycles. The van der Waals surface area contributed by atoms with Crippen LogP contribution in [0, 0.1) is 0 Å². The predicted molar refractivity (Wildman–Crippen MR) is 62.0 cm³/mol. The smallest absolute Gasteiger partial charge is 0.254 e. The van der Waals surface area contributed by atoms with E-state index in [4.69, 9.17) is 10.8 Å². The highest BCUT2D eigenvalue weighted by molar-refractivity contribution is 5.95. The van der Waals surface area contributed by atoms with Gasteiger partial charge in [0.1, 0.15) is 0 Å². The molecule has 1 atom stereocenters. The Kier molecular flexibility index (Phi) is 3.10. The van der Waals surface area contributed by atoms with Crippen molar-refractivity contribution in [2.24, 2.45) is 0 Å². The molecule has 86 valence electrons. The summed E-state index contributed by atoms with van der Waals surface area (Å²) in [5.41, 5.74) is 6.83. The van der Waals surface area contributed by atoms with Crippen molar-refractivity contribution in [3.05, 3.63) is 29.8 Å². The fourth-order valence-electron chi connectivity index (χ4n) is 2.13. The molecule has 3 N–H and O–H groups in total. The minimum absolute atomic E-state index is 0.0334. The van der Waals surface area contributed by atoms with Gasteiger partial charge < -0.3 is 15.7 Å². The molecule has 1 aliphatic heterocycles. The molecular weight excluding hydrogens is 204 g/mol. The van der Waals surface area contributed by atoms with Gasteiger partial charge in [-0.1, -0.05) is 6.07 Å². The Morgan fingerprint density at radius 1 is 1.56 bits per heavy atom. The molecule has 1 heterocycles. The van der Waals surface area contributed by atoms with Gasteiger partial charge >= 0.3 is 0 Å². The number of nitrogens with two attached hydrogens (primary N) is 1. The number of nitrogens with zero attached hydrogens (tertiary/aromatic N) is 1. The van der Waals surface area contributed by atoms with Gasteiger partial charge in [-0.25, -0.2) is 0 Å². The fourth-order valence-corrected chi connectivity index (χ4v) is 2.13. The van der Waals surface area contributed by atoms with Gasteiger partial charge in [-0.05, 0) is 31.0 Å². The van der Waals surface area contributed by atoms with Crippen LogP contribution in [0.3, 0.4) is 0 Å². The van der Waals surface area contributed by atoms with E-state index in [0.29, 0.717) is 11.3 Å². The first-order chi connectivity index (χ1) is 7.72. The van der Waals surface area contributed by atoms with Crippen LogP contribution in [0.1, 0.15) is 23.2 Å². The van der Waals surface area contributed by atoms with E-state index in [2.05, 4.69) is 0 Å². The zero-order valence-corrected chi connectivity index (χ0v) is 9.10. The molecule has 4 nitrogen and oxygen atoms in total. The zero-order valence-electron chi connectivity index (χ0n) is 9.10. The molecule has 1 fully saturated rings. The number of likely N-dealkylation sites (tertiary alicyclic amines) is 1. The molecule has 0 aromatic heterocycles. The molecule has 1 amide bonds. The van der Waals surface area contributed by atoms with E-state index in [0.717, 1.165) is 19.4 Å². The second-order valence-corrected chi connectivity index (χ2v) is 4.10. The second-order valence-electron chi connectivity index (χ2n) is 4.10. The standard InChI is InChI=1S/C12H16N2O2/c13-10-4-1-3-9(7-10)12(16)14-6-2-5-11(14)8-15/h1,3-4,7,11,15H,2,5-6,8,13H2/t11-/m0/s1. The normalized spacial score (nSPS) is 20.1. The number of amides is 1. The summed E-state index contributed by atoms with van der Waals surface area (Å²) >= 11 is 0. The molecule has 0 radical (unpaired) electrons. The minimum Gasteiger partial charge on any atom is -0.399 e. The quantitative estimate of drug-likeness (QED) is 0.727. The molecule has 0 spiro atoms. The Morgan fingerprint density at radius 2 is 2.38 bits per heavy atom. The third kappa shape index (κ3) is 2.02. The van der Waals surface area contributed by atoms with Crippen LogP contribution in [-0.2, 0) is 0 Å². The molecule has 0 saturated carbocycles. The third-order valence-electron chi connectivity index (χ3n) is 2.98. The van der Waals surface area contributed by atoms with E-state index >= 15 is 0 Å². The molecule has 4 heteroatoms. The van der Waals surface area contributed by atoms with E-state index in [-0.39, 0.29) is 18.6 Å². The Labute approximate surface area is 94.7 Å². The molecule has 1 aromatic carbocycles. The van der Waals surface area contributed by atoms with Gasteiger partial charge in [0.2, 0.25) is 0 Å². The summed E-state index contributed by atoms with van der Waals surface area (Å²) in [6.07, 6.45) is 1.84. The number of rotatable bonds is 2. The number of benzene rings is 1. The lowest BCUT2D eigenvalue weighted by Crippen LogP contribution is -2.37. The molecule has 2 rings (SSSR count). The van der Waals surface area contributed by atoms with Crippen molar-refractivity contribution in [3.8, 4) is 0 Å². The lowest BCUT2D eigenvalue weighted by molar-refractivity contribution is 0.0677. The Hall–Kier alpha value is -1.55. The van der Waals surface area contributed by atoms with Gasteiger partial charge in [-0.3, -0.25) is 4.79 Å². The lowest BCUT2D eigenvalue weighted by Gasteiger charge is -2.23. The number of carbonyl (C=O) groups excluding carboxylic acids is 1. The van der Waals surface area contributed by atoms with Crippen molar-refractivity contribution in [1.29, 1.82) is 0 Å². The van der Waals surface area contributed by atoms with E-state index in [9.17, 15) is 4.79 Å². The van der Waals surface area contributed by atoms with Gasteiger partial charge in [0.05, 0.1) is 12.6 Å². The Morgan fingerprint density at radius 3 is 3.06 bits per heavy atom. The maximum Gasteiger partial charge on any atom is 0.254 e. The van der Waals surface area contributed by atoms with E-state index in [1.165, 1.54) is 0 Å². The van der Waals surface area contributed by atoms with Crippen LogP contribution in [0.15, 0.2) is 24.3 Å². The van der Waals surface area contributed by atoms with Crippen molar-refractivity contribution in [3.63, 3.8) is 0 Å². The van der Waals surface area contributed by atoms with E-state index in [1.54, 1.807) is 29.2 Å². The molecule has 0 bridgehead atoms. The van der Waals surface area contributed by atoms with Gasteiger partial charge in [0, 0.05) is 17.8 Å². The molecule has 1 saturated heterocycles. The van der Waals surface area contributed by atoms with Crippen molar-refractivity contribution >= 4 is 11.6 Å². The summed E-state index contributed by atoms with van der Waals surface area (Å²) in [7, 11) is 0. The van der Waals surface area contributed by atoms with Gasteiger partial charge in [-0.2, -0.15) is 0 Å². The first-order valence-electron chi connectivity index (χ1n) is 5.49. The van der Waals surface area contributed by atoms with Crippen LogP contribution < -0.4 is 5.73 Å². The van der Waals surface area contributed by atoms with Crippen molar-refractivity contribution in [2.45, 2.75) is 18.9 Å². The van der Waals surface area contributed by atoms with Crippen LogP contribution in [0.4, 0.5) is 5.69 Å². The molecule has 1 aromatic rings. The summed E-state index contributed by atoms with van der Waals surface area (Å²) in [6.45, 7) is 0.757. The number of aliphatic hydroxyl groups excluding tert-OH is 1. The van der Waals surface area contributed by atoms with Crippen LogP contribution in [0.25, 0.3) is 0 Å². The Bertz CT molecular complexity index is 392. The van der Waals surface area contributed by atoms with Gasteiger partial charge in [0.25, 0.3) is 5.91 Å². The summed E-state index contributed by atoms with van der Waals surface area (Å²) in [5, 5.41) is 9.17. The fraction of sp³-hybridized carbons (Fsp3) is 0.417. The highest BCUT2D eigenvalue weighted by Gasteiger charge is 2.28. The largest absolute Gasteiger partial charge is 0.399 e. The SMILES string of the molecule is Nc1cccc(C(=O)N2CCC[C@H]2CO)c1. The average Bonchev–Trinajstić information content (AvgIpc) is 2.76.